The van der Waals surface area contributed by atoms with E-state index in [0.717, 1.165) is 25.7 Å². The maximum atomic E-state index is 11.6. The number of aliphatic carboxylic acids is 1. The zero-order chi connectivity index (χ0) is 15.5. The molecule has 0 saturated heterocycles. The van der Waals surface area contributed by atoms with Crippen LogP contribution < -0.4 is 10.6 Å². The summed E-state index contributed by atoms with van der Waals surface area (Å²) >= 11 is 0. The Labute approximate surface area is 120 Å². The minimum absolute atomic E-state index is 0.119. The van der Waals surface area contributed by atoms with Crippen LogP contribution >= 0.6 is 0 Å². The lowest BCUT2D eigenvalue weighted by atomic mass is 10.0. The number of carboxylic acid groups (broad SMARTS) is 1. The molecule has 1 atom stereocenters. The maximum absolute atomic E-state index is 11.6. The third-order valence-electron chi connectivity index (χ3n) is 2.83. The molecule has 0 unspecified atom stereocenters. The molecule has 6 heteroatoms. The van der Waals surface area contributed by atoms with Crippen molar-refractivity contribution in [1.82, 2.24) is 10.6 Å². The van der Waals surface area contributed by atoms with Crippen LogP contribution in [0.3, 0.4) is 0 Å². The van der Waals surface area contributed by atoms with Crippen molar-refractivity contribution >= 4 is 17.8 Å². The van der Waals surface area contributed by atoms with E-state index in [4.69, 9.17) is 5.11 Å². The predicted octanol–water partition coefficient (Wildman–Crippen LogP) is 1.30. The molecule has 0 rings (SSSR count). The standard InChI is InChI=1S/C14H26N2O4/c1-4-5-6-7-8-15-12(17)13(18)16-11(14(19)20)9-10(2)3/h10-11H,4-9H2,1-3H3,(H,15,17)(H,16,18)(H,19,20)/t11-/m1/s1. The van der Waals surface area contributed by atoms with Gasteiger partial charge in [0.15, 0.2) is 0 Å². The SMILES string of the molecule is CCCCCCNC(=O)C(=O)N[C@H](CC(C)C)C(=O)O. The van der Waals surface area contributed by atoms with E-state index in [9.17, 15) is 14.4 Å². The van der Waals surface area contributed by atoms with Gasteiger partial charge in [0.05, 0.1) is 0 Å². The fourth-order valence-electron chi connectivity index (χ4n) is 1.75. The summed E-state index contributed by atoms with van der Waals surface area (Å²) in [5.41, 5.74) is 0. The van der Waals surface area contributed by atoms with E-state index >= 15 is 0 Å². The van der Waals surface area contributed by atoms with E-state index in [1.54, 1.807) is 0 Å². The zero-order valence-electron chi connectivity index (χ0n) is 12.6. The molecule has 0 aliphatic rings. The molecule has 0 aliphatic carbocycles. The Kier molecular flexibility index (Phi) is 9.41. The Bertz CT molecular complexity index is 329. The van der Waals surface area contributed by atoms with Gasteiger partial charge in [0.25, 0.3) is 0 Å². The molecule has 3 N–H and O–H groups in total. The Morgan fingerprint density at radius 1 is 1.05 bits per heavy atom. The van der Waals surface area contributed by atoms with E-state index in [1.165, 1.54) is 0 Å². The number of carbonyl (C=O) groups excluding carboxylic acids is 2. The molecule has 6 nitrogen and oxygen atoms in total. The van der Waals surface area contributed by atoms with Gasteiger partial charge in [-0.2, -0.15) is 0 Å². The van der Waals surface area contributed by atoms with Crippen LogP contribution in [-0.4, -0.2) is 35.5 Å². The van der Waals surface area contributed by atoms with Crippen molar-refractivity contribution in [1.29, 1.82) is 0 Å². The number of carboxylic acids is 1. The fraction of sp³-hybridized carbons (Fsp3) is 0.786. The molecule has 0 bridgehead atoms. The Balaban J connectivity index is 4.09. The van der Waals surface area contributed by atoms with Gasteiger partial charge < -0.3 is 15.7 Å². The highest BCUT2D eigenvalue weighted by Crippen LogP contribution is 2.04. The molecule has 0 aromatic carbocycles. The summed E-state index contributed by atoms with van der Waals surface area (Å²) in [4.78, 5) is 34.1. The van der Waals surface area contributed by atoms with E-state index < -0.39 is 23.8 Å². The second kappa shape index (κ2) is 10.2. The normalized spacial score (nSPS) is 12.0. The topological polar surface area (TPSA) is 95.5 Å². The molecule has 0 aromatic heterocycles. The van der Waals surface area contributed by atoms with Crippen molar-refractivity contribution < 1.29 is 19.5 Å². The molecule has 20 heavy (non-hydrogen) atoms. The second-order valence-corrected chi connectivity index (χ2v) is 5.31. The molecule has 116 valence electrons. The Morgan fingerprint density at radius 3 is 2.20 bits per heavy atom. The van der Waals surface area contributed by atoms with Gasteiger partial charge >= 0.3 is 17.8 Å². The summed E-state index contributed by atoms with van der Waals surface area (Å²) in [6.07, 6.45) is 4.32. The first kappa shape index (κ1) is 18.4. The van der Waals surface area contributed by atoms with E-state index in [2.05, 4.69) is 17.6 Å². The first-order valence-electron chi connectivity index (χ1n) is 7.20. The molecule has 2 amide bonds. The molecule has 0 saturated carbocycles. The van der Waals surface area contributed by atoms with Gasteiger partial charge in [0.1, 0.15) is 6.04 Å². The van der Waals surface area contributed by atoms with Gasteiger partial charge in [-0.15, -0.1) is 0 Å². The van der Waals surface area contributed by atoms with Crippen molar-refractivity contribution in [3.63, 3.8) is 0 Å². The molecule has 0 heterocycles. The van der Waals surface area contributed by atoms with E-state index in [0.29, 0.717) is 13.0 Å². The van der Waals surface area contributed by atoms with Crippen LogP contribution in [0, 0.1) is 5.92 Å². The van der Waals surface area contributed by atoms with Crippen LogP contribution in [0.15, 0.2) is 0 Å². The smallest absolute Gasteiger partial charge is 0.326 e. The number of unbranched alkanes of at least 4 members (excludes halogenated alkanes) is 3. The number of nitrogens with one attached hydrogen (secondary N) is 2. The molecule has 0 radical (unpaired) electrons. The third-order valence-corrected chi connectivity index (χ3v) is 2.83. The van der Waals surface area contributed by atoms with E-state index in [-0.39, 0.29) is 5.92 Å². The summed E-state index contributed by atoms with van der Waals surface area (Å²) in [6, 6.07) is -1.02. The fourth-order valence-corrected chi connectivity index (χ4v) is 1.75. The highest BCUT2D eigenvalue weighted by molar-refractivity contribution is 6.35. The molecule has 0 aliphatic heterocycles. The van der Waals surface area contributed by atoms with Crippen LogP contribution in [0.5, 0.6) is 0 Å². The average Bonchev–Trinajstić information content (AvgIpc) is 2.36. The van der Waals surface area contributed by atoms with Crippen LogP contribution in [-0.2, 0) is 14.4 Å². The van der Waals surface area contributed by atoms with Crippen molar-refractivity contribution in [2.24, 2.45) is 5.92 Å². The molecule has 0 aromatic rings. The van der Waals surface area contributed by atoms with Gasteiger partial charge in [-0.25, -0.2) is 4.79 Å². The largest absolute Gasteiger partial charge is 0.480 e. The number of rotatable bonds is 9. The van der Waals surface area contributed by atoms with Crippen LogP contribution in [0.1, 0.15) is 52.9 Å². The summed E-state index contributed by atoms with van der Waals surface area (Å²) in [6.45, 7) is 6.24. The molecular weight excluding hydrogens is 260 g/mol. The highest BCUT2D eigenvalue weighted by Gasteiger charge is 2.24. The quantitative estimate of drug-likeness (QED) is 0.440. The molecule has 0 spiro atoms. The van der Waals surface area contributed by atoms with Crippen molar-refractivity contribution in [2.75, 3.05) is 6.54 Å². The van der Waals surface area contributed by atoms with Gasteiger partial charge in [-0.3, -0.25) is 9.59 Å². The summed E-state index contributed by atoms with van der Waals surface area (Å²) in [5, 5.41) is 13.7. The number of amides is 2. The number of carbonyl (C=O) groups is 3. The second-order valence-electron chi connectivity index (χ2n) is 5.31. The number of hydrogen-bond acceptors (Lipinski definition) is 3. The average molecular weight is 286 g/mol. The predicted molar refractivity (Wildman–Crippen MR) is 76.2 cm³/mol. The Hall–Kier alpha value is -1.59. The van der Waals surface area contributed by atoms with Crippen molar-refractivity contribution in [3.05, 3.63) is 0 Å². The van der Waals surface area contributed by atoms with Crippen molar-refractivity contribution in [2.45, 2.75) is 58.9 Å². The lowest BCUT2D eigenvalue weighted by Crippen LogP contribution is -2.48. The minimum Gasteiger partial charge on any atom is -0.480 e. The van der Waals surface area contributed by atoms with Gasteiger partial charge in [-0.05, 0) is 18.8 Å². The van der Waals surface area contributed by atoms with Crippen LogP contribution in [0.25, 0.3) is 0 Å². The first-order chi connectivity index (χ1) is 9.38. The highest BCUT2D eigenvalue weighted by atomic mass is 16.4. The molecular formula is C14H26N2O4. The third kappa shape index (κ3) is 8.50. The monoisotopic (exact) mass is 286 g/mol. The zero-order valence-corrected chi connectivity index (χ0v) is 12.6. The van der Waals surface area contributed by atoms with Gasteiger partial charge in [0.2, 0.25) is 0 Å². The van der Waals surface area contributed by atoms with E-state index in [1.807, 2.05) is 13.8 Å². The molecule has 0 fully saturated rings. The number of hydrogen-bond donors (Lipinski definition) is 3. The van der Waals surface area contributed by atoms with Crippen LogP contribution in [0.4, 0.5) is 0 Å². The Morgan fingerprint density at radius 2 is 1.70 bits per heavy atom. The van der Waals surface area contributed by atoms with Gasteiger partial charge in [0, 0.05) is 6.54 Å². The summed E-state index contributed by atoms with van der Waals surface area (Å²) in [7, 11) is 0. The van der Waals surface area contributed by atoms with Gasteiger partial charge in [-0.1, -0.05) is 40.0 Å². The lowest BCUT2D eigenvalue weighted by molar-refractivity contribution is -0.145. The first-order valence-corrected chi connectivity index (χ1v) is 7.20. The van der Waals surface area contributed by atoms with Crippen LogP contribution in [0.2, 0.25) is 0 Å². The summed E-state index contributed by atoms with van der Waals surface area (Å²) in [5.74, 6) is -2.65. The minimum atomic E-state index is -1.12. The maximum Gasteiger partial charge on any atom is 0.326 e. The van der Waals surface area contributed by atoms with Crippen molar-refractivity contribution in [3.8, 4) is 0 Å². The summed E-state index contributed by atoms with van der Waals surface area (Å²) < 4.78 is 0. The lowest BCUT2D eigenvalue weighted by Gasteiger charge is -2.16.